The van der Waals surface area contributed by atoms with Crippen LogP contribution >= 0.6 is 0 Å². The molecule has 0 radical (unpaired) electrons. The average Bonchev–Trinajstić information content (AvgIpc) is 2.28. The van der Waals surface area contributed by atoms with Crippen LogP contribution in [0.5, 0.6) is 0 Å². The maximum Gasteiger partial charge on any atom is 0.169 e. The summed E-state index contributed by atoms with van der Waals surface area (Å²) >= 11 is 0. The first-order valence-corrected chi connectivity index (χ1v) is 5.34. The number of carbonyl (C=O) groups excluding carboxylic acids is 1. The van der Waals surface area contributed by atoms with Gasteiger partial charge < -0.3 is 5.73 Å². The van der Waals surface area contributed by atoms with Gasteiger partial charge in [-0.3, -0.25) is 4.79 Å². The Morgan fingerprint density at radius 3 is 2.62 bits per heavy atom. The molecule has 0 saturated carbocycles. The second-order valence-electron chi connectivity index (χ2n) is 3.62. The minimum atomic E-state index is -1.05. The van der Waals surface area contributed by atoms with E-state index in [0.717, 1.165) is 18.9 Å². The van der Waals surface area contributed by atoms with Gasteiger partial charge in [-0.25, -0.2) is 8.78 Å². The van der Waals surface area contributed by atoms with Gasteiger partial charge in [0.05, 0.1) is 5.56 Å². The number of halogens is 2. The molecular formula is C12H15F2NO. The second kappa shape index (κ2) is 6.33. The van der Waals surface area contributed by atoms with Gasteiger partial charge in [-0.15, -0.1) is 0 Å². The number of nitrogens with two attached hydrogens (primary N) is 1. The fourth-order valence-corrected chi connectivity index (χ4v) is 1.46. The molecular weight excluding hydrogens is 212 g/mol. The standard InChI is InChI=1S/C12H15F2NO/c13-10-6-4-5-9(12(10)14)11(16)7-2-1-3-8-15/h4-6H,1-3,7-8,15H2. The van der Waals surface area contributed by atoms with Gasteiger partial charge in [0, 0.05) is 6.42 Å². The Labute approximate surface area is 93.5 Å². The summed E-state index contributed by atoms with van der Waals surface area (Å²) in [6, 6.07) is 3.65. The third-order valence-corrected chi connectivity index (χ3v) is 2.36. The summed E-state index contributed by atoms with van der Waals surface area (Å²) < 4.78 is 26.1. The number of carbonyl (C=O) groups is 1. The summed E-state index contributed by atoms with van der Waals surface area (Å²) in [6.45, 7) is 0.586. The minimum absolute atomic E-state index is 0.159. The van der Waals surface area contributed by atoms with Gasteiger partial charge in [0.15, 0.2) is 17.4 Å². The van der Waals surface area contributed by atoms with E-state index in [-0.39, 0.29) is 17.8 Å². The second-order valence-corrected chi connectivity index (χ2v) is 3.62. The normalized spacial score (nSPS) is 10.4. The lowest BCUT2D eigenvalue weighted by atomic mass is 10.0. The molecule has 4 heteroatoms. The molecule has 1 aromatic carbocycles. The molecule has 1 rings (SSSR count). The molecule has 0 aliphatic rings. The Balaban J connectivity index is 2.56. The van der Waals surface area contributed by atoms with E-state index >= 15 is 0 Å². The lowest BCUT2D eigenvalue weighted by Crippen LogP contribution is -2.05. The highest BCUT2D eigenvalue weighted by Gasteiger charge is 2.14. The predicted octanol–water partition coefficient (Wildman–Crippen LogP) is 2.67. The molecule has 0 aromatic heterocycles. The van der Waals surface area contributed by atoms with E-state index in [4.69, 9.17) is 5.73 Å². The van der Waals surface area contributed by atoms with Crippen molar-refractivity contribution in [1.82, 2.24) is 0 Å². The van der Waals surface area contributed by atoms with Crippen molar-refractivity contribution < 1.29 is 13.6 Å². The predicted molar refractivity (Wildman–Crippen MR) is 58.2 cm³/mol. The summed E-state index contributed by atoms with van der Waals surface area (Å²) in [5, 5.41) is 0. The first kappa shape index (κ1) is 12.8. The molecule has 0 bridgehead atoms. The molecule has 16 heavy (non-hydrogen) atoms. The zero-order chi connectivity index (χ0) is 12.0. The van der Waals surface area contributed by atoms with Crippen LogP contribution in [0, 0.1) is 11.6 Å². The van der Waals surface area contributed by atoms with Crippen LogP contribution in [-0.4, -0.2) is 12.3 Å². The molecule has 0 spiro atoms. The lowest BCUT2D eigenvalue weighted by Gasteiger charge is -2.03. The van der Waals surface area contributed by atoms with Crippen LogP contribution in [-0.2, 0) is 0 Å². The first-order valence-electron chi connectivity index (χ1n) is 5.34. The quantitative estimate of drug-likeness (QED) is 0.599. The lowest BCUT2D eigenvalue weighted by molar-refractivity contribution is 0.0974. The number of ketones is 1. The number of hydrogen-bond acceptors (Lipinski definition) is 2. The summed E-state index contributed by atoms with van der Waals surface area (Å²) in [5.41, 5.74) is 5.15. The summed E-state index contributed by atoms with van der Waals surface area (Å²) in [5.74, 6) is -2.38. The van der Waals surface area contributed by atoms with E-state index < -0.39 is 11.6 Å². The Hall–Kier alpha value is -1.29. The van der Waals surface area contributed by atoms with Crippen LogP contribution < -0.4 is 5.73 Å². The van der Waals surface area contributed by atoms with Crippen molar-refractivity contribution in [2.45, 2.75) is 25.7 Å². The van der Waals surface area contributed by atoms with E-state index in [1.54, 1.807) is 0 Å². The number of rotatable bonds is 6. The van der Waals surface area contributed by atoms with Gasteiger partial charge in [0.2, 0.25) is 0 Å². The first-order chi connectivity index (χ1) is 7.66. The van der Waals surface area contributed by atoms with E-state index in [1.165, 1.54) is 12.1 Å². The average molecular weight is 227 g/mol. The van der Waals surface area contributed by atoms with Gasteiger partial charge in [0.1, 0.15) is 0 Å². The Morgan fingerprint density at radius 1 is 1.19 bits per heavy atom. The fraction of sp³-hybridized carbons (Fsp3) is 0.417. The molecule has 2 nitrogen and oxygen atoms in total. The molecule has 88 valence electrons. The van der Waals surface area contributed by atoms with Crippen molar-refractivity contribution in [1.29, 1.82) is 0 Å². The minimum Gasteiger partial charge on any atom is -0.330 e. The van der Waals surface area contributed by atoms with E-state index in [0.29, 0.717) is 13.0 Å². The molecule has 0 unspecified atom stereocenters. The van der Waals surface area contributed by atoms with Gasteiger partial charge in [0.25, 0.3) is 0 Å². The van der Waals surface area contributed by atoms with E-state index in [1.807, 2.05) is 0 Å². The fourth-order valence-electron chi connectivity index (χ4n) is 1.46. The van der Waals surface area contributed by atoms with Crippen LogP contribution in [0.25, 0.3) is 0 Å². The third-order valence-electron chi connectivity index (χ3n) is 2.36. The number of Topliss-reactive ketones (excluding diaryl/α,β-unsaturated/α-hetero) is 1. The maximum atomic E-state index is 13.2. The molecule has 0 atom stereocenters. The number of unbranched alkanes of at least 4 members (excludes halogenated alkanes) is 2. The van der Waals surface area contributed by atoms with Crippen molar-refractivity contribution in [3.63, 3.8) is 0 Å². The molecule has 0 saturated heterocycles. The van der Waals surface area contributed by atoms with Gasteiger partial charge in [-0.05, 0) is 31.5 Å². The topological polar surface area (TPSA) is 43.1 Å². The van der Waals surface area contributed by atoms with Gasteiger partial charge in [-0.1, -0.05) is 12.5 Å². The highest BCUT2D eigenvalue weighted by molar-refractivity contribution is 5.96. The van der Waals surface area contributed by atoms with Gasteiger partial charge in [-0.2, -0.15) is 0 Å². The zero-order valence-corrected chi connectivity index (χ0v) is 9.01. The van der Waals surface area contributed by atoms with Crippen molar-refractivity contribution in [2.24, 2.45) is 5.73 Å². The highest BCUT2D eigenvalue weighted by atomic mass is 19.2. The molecule has 1 aromatic rings. The van der Waals surface area contributed by atoms with Crippen LogP contribution in [0.4, 0.5) is 8.78 Å². The summed E-state index contributed by atoms with van der Waals surface area (Å²) in [6.07, 6.45) is 2.57. The van der Waals surface area contributed by atoms with Gasteiger partial charge >= 0.3 is 0 Å². The van der Waals surface area contributed by atoms with Crippen molar-refractivity contribution in [3.05, 3.63) is 35.4 Å². The molecule has 2 N–H and O–H groups in total. The van der Waals surface area contributed by atoms with Crippen molar-refractivity contribution in [2.75, 3.05) is 6.54 Å². The summed E-state index contributed by atoms with van der Waals surface area (Å²) in [4.78, 5) is 11.5. The molecule has 0 aliphatic heterocycles. The molecule has 0 fully saturated rings. The van der Waals surface area contributed by atoms with E-state index in [9.17, 15) is 13.6 Å². The van der Waals surface area contributed by atoms with Crippen molar-refractivity contribution in [3.8, 4) is 0 Å². The number of benzene rings is 1. The van der Waals surface area contributed by atoms with Crippen LogP contribution in [0.3, 0.4) is 0 Å². The van der Waals surface area contributed by atoms with Crippen molar-refractivity contribution >= 4 is 5.78 Å². The SMILES string of the molecule is NCCCCCC(=O)c1cccc(F)c1F. The monoisotopic (exact) mass is 227 g/mol. The Kier molecular flexibility index (Phi) is 5.05. The largest absolute Gasteiger partial charge is 0.330 e. The molecule has 0 amide bonds. The van der Waals surface area contributed by atoms with E-state index in [2.05, 4.69) is 0 Å². The zero-order valence-electron chi connectivity index (χ0n) is 9.01. The highest BCUT2D eigenvalue weighted by Crippen LogP contribution is 2.14. The van der Waals surface area contributed by atoms with Crippen LogP contribution in [0.15, 0.2) is 18.2 Å². The van der Waals surface area contributed by atoms with Crippen LogP contribution in [0.1, 0.15) is 36.0 Å². The molecule has 0 aliphatic carbocycles. The maximum absolute atomic E-state index is 13.2. The smallest absolute Gasteiger partial charge is 0.169 e. The Bertz CT molecular complexity index is 366. The van der Waals surface area contributed by atoms with Crippen LogP contribution in [0.2, 0.25) is 0 Å². The molecule has 0 heterocycles. The summed E-state index contributed by atoms with van der Waals surface area (Å²) in [7, 11) is 0. The Morgan fingerprint density at radius 2 is 1.94 bits per heavy atom. The number of hydrogen-bond donors (Lipinski definition) is 1. The third kappa shape index (κ3) is 3.38.